The molecule has 0 unspecified atom stereocenters. The van der Waals surface area contributed by atoms with Crippen LogP contribution in [0.3, 0.4) is 0 Å². The Morgan fingerprint density at radius 1 is 1.28 bits per heavy atom. The van der Waals surface area contributed by atoms with Gasteiger partial charge in [-0.3, -0.25) is 4.79 Å². The molecule has 1 heterocycles. The molecule has 0 bridgehead atoms. The fraction of sp³-hybridized carbons (Fsp3) is 0.500. The second-order valence-corrected chi connectivity index (χ2v) is 7.42. The van der Waals surface area contributed by atoms with Crippen LogP contribution in [0.25, 0.3) is 6.08 Å². The average Bonchev–Trinajstić information content (AvgIpc) is 2.72. The molecule has 5 nitrogen and oxygen atoms in total. The molecule has 1 aliphatic rings. The summed E-state index contributed by atoms with van der Waals surface area (Å²) < 4.78 is 17.4. The molecule has 0 amide bonds. The van der Waals surface area contributed by atoms with Crippen LogP contribution in [-0.2, 0) is 20.5 Å². The Balaban J connectivity index is 2.32. The molecule has 1 fully saturated rings. The largest absolute Gasteiger partial charge is 0.496 e. The van der Waals surface area contributed by atoms with Crippen molar-refractivity contribution in [3.05, 3.63) is 34.8 Å². The van der Waals surface area contributed by atoms with Crippen LogP contribution < -0.4 is 4.74 Å². The normalized spacial score (nSPS) is 19.1. The summed E-state index contributed by atoms with van der Waals surface area (Å²) in [6, 6.07) is 5.45. The summed E-state index contributed by atoms with van der Waals surface area (Å²) in [6.45, 7) is 8.01. The zero-order chi connectivity index (χ0) is 18.8. The first-order chi connectivity index (χ1) is 11.6. The van der Waals surface area contributed by atoms with Crippen LogP contribution in [0.5, 0.6) is 5.75 Å². The van der Waals surface area contributed by atoms with Crippen molar-refractivity contribution < 1.29 is 23.9 Å². The van der Waals surface area contributed by atoms with E-state index in [1.54, 1.807) is 6.07 Å². The number of hydrogen-bond donors (Lipinski definition) is 2. The second kappa shape index (κ2) is 7.44. The van der Waals surface area contributed by atoms with Crippen LogP contribution >= 0.6 is 12.6 Å². The molecular formula is C18H25BO5S. The molecule has 0 saturated carbocycles. The minimum atomic E-state index is -0.903. The van der Waals surface area contributed by atoms with Crippen molar-refractivity contribution in [3.63, 3.8) is 0 Å². The molecule has 1 aromatic rings. The van der Waals surface area contributed by atoms with Gasteiger partial charge in [-0.05, 0) is 50.9 Å². The third-order valence-electron chi connectivity index (χ3n) is 4.74. The Morgan fingerprint density at radius 2 is 1.88 bits per heavy atom. The molecule has 0 spiro atoms. The zero-order valence-electron chi connectivity index (χ0n) is 15.3. The van der Waals surface area contributed by atoms with E-state index >= 15 is 0 Å². The maximum absolute atomic E-state index is 11.1. The zero-order valence-corrected chi connectivity index (χ0v) is 16.2. The summed E-state index contributed by atoms with van der Waals surface area (Å²) >= 11 is 4.41. The number of aliphatic carboxylic acids is 1. The van der Waals surface area contributed by atoms with Gasteiger partial charge in [0.15, 0.2) is 0 Å². The Labute approximate surface area is 154 Å². The van der Waals surface area contributed by atoms with E-state index in [4.69, 9.17) is 19.2 Å². The number of carboxylic acid groups (broad SMARTS) is 1. The van der Waals surface area contributed by atoms with Crippen LogP contribution in [0.1, 0.15) is 38.8 Å². The first-order valence-electron chi connectivity index (χ1n) is 8.15. The van der Waals surface area contributed by atoms with E-state index in [1.165, 1.54) is 7.11 Å². The van der Waals surface area contributed by atoms with Gasteiger partial charge in [-0.1, -0.05) is 12.1 Å². The van der Waals surface area contributed by atoms with E-state index in [-0.39, 0.29) is 6.42 Å². The quantitative estimate of drug-likeness (QED) is 0.599. The van der Waals surface area contributed by atoms with Crippen LogP contribution in [-0.4, -0.2) is 42.3 Å². The summed E-state index contributed by atoms with van der Waals surface area (Å²) in [5, 5.41) is 9.07. The molecule has 1 aromatic carbocycles. The highest BCUT2D eigenvalue weighted by molar-refractivity contribution is 7.80. The third-order valence-corrected chi connectivity index (χ3v) is 5.10. The lowest BCUT2D eigenvalue weighted by Crippen LogP contribution is -2.41. The van der Waals surface area contributed by atoms with Gasteiger partial charge in [0.1, 0.15) is 5.75 Å². The number of carboxylic acids is 1. The highest BCUT2D eigenvalue weighted by Gasteiger charge is 2.52. The number of benzene rings is 1. The first kappa shape index (κ1) is 19.9. The van der Waals surface area contributed by atoms with Gasteiger partial charge >= 0.3 is 13.1 Å². The average molecular weight is 364 g/mol. The molecule has 0 aliphatic carbocycles. The van der Waals surface area contributed by atoms with E-state index in [0.717, 1.165) is 11.0 Å². The van der Waals surface area contributed by atoms with Crippen LogP contribution in [0.4, 0.5) is 0 Å². The smallest absolute Gasteiger partial charge is 0.491 e. The lowest BCUT2D eigenvalue weighted by Gasteiger charge is -2.32. The van der Waals surface area contributed by atoms with Crippen molar-refractivity contribution in [2.75, 3.05) is 12.9 Å². The van der Waals surface area contributed by atoms with Gasteiger partial charge in [0.2, 0.25) is 0 Å². The van der Waals surface area contributed by atoms with Crippen molar-refractivity contribution in [3.8, 4) is 5.75 Å². The highest BCUT2D eigenvalue weighted by Crippen LogP contribution is 2.39. The summed E-state index contributed by atoms with van der Waals surface area (Å²) in [7, 11) is 1.05. The van der Waals surface area contributed by atoms with Gasteiger partial charge in [-0.25, -0.2) is 0 Å². The Kier molecular flexibility index (Phi) is 5.91. The van der Waals surface area contributed by atoms with E-state index < -0.39 is 24.3 Å². The molecule has 136 valence electrons. The number of rotatable bonds is 6. The Morgan fingerprint density at radius 3 is 2.36 bits per heavy atom. The van der Waals surface area contributed by atoms with Gasteiger partial charge in [0.05, 0.1) is 24.7 Å². The number of carbonyl (C=O) groups is 1. The molecule has 0 radical (unpaired) electrons. The SMILES string of the molecule is COc1ccc(C=C(CS)B2OC(C)(C)C(C)(C)O2)cc1CC(=O)O. The van der Waals surface area contributed by atoms with Gasteiger partial charge in [-0.15, -0.1) is 0 Å². The predicted octanol–water partition coefficient (Wildman–Crippen LogP) is 3.27. The molecule has 7 heteroatoms. The molecule has 1 N–H and O–H groups in total. The summed E-state index contributed by atoms with van der Waals surface area (Å²) in [5.74, 6) is 0.124. The fourth-order valence-corrected chi connectivity index (χ4v) is 2.83. The molecule has 0 aromatic heterocycles. The standard InChI is InChI=1S/C18H25BO5S/c1-17(2)18(3,4)24-19(23-17)14(11-25)9-12-6-7-15(22-5)13(8-12)10-16(20)21/h6-9,25H,10-11H2,1-5H3,(H,20,21). The van der Waals surface area contributed by atoms with E-state index in [9.17, 15) is 4.79 Å². The fourth-order valence-electron chi connectivity index (χ4n) is 2.59. The minimum absolute atomic E-state index is 0.0997. The number of hydrogen-bond acceptors (Lipinski definition) is 5. The monoisotopic (exact) mass is 364 g/mol. The maximum atomic E-state index is 11.1. The molecule has 1 saturated heterocycles. The van der Waals surface area contributed by atoms with Gasteiger partial charge in [0, 0.05) is 11.3 Å². The van der Waals surface area contributed by atoms with Crippen molar-refractivity contribution in [2.24, 2.45) is 0 Å². The number of methoxy groups -OCH3 is 1. The van der Waals surface area contributed by atoms with Crippen molar-refractivity contribution >= 4 is 31.8 Å². The molecule has 2 rings (SSSR count). The topological polar surface area (TPSA) is 65.0 Å². The summed E-state index contributed by atoms with van der Waals surface area (Å²) in [4.78, 5) is 11.1. The van der Waals surface area contributed by atoms with Crippen LogP contribution in [0.15, 0.2) is 23.7 Å². The second-order valence-electron chi connectivity index (χ2n) is 7.11. The van der Waals surface area contributed by atoms with Gasteiger partial charge in [0.25, 0.3) is 0 Å². The van der Waals surface area contributed by atoms with E-state index in [2.05, 4.69) is 12.6 Å². The summed E-state index contributed by atoms with van der Waals surface area (Å²) in [6.07, 6.45) is 1.83. The van der Waals surface area contributed by atoms with Gasteiger partial charge in [-0.2, -0.15) is 12.6 Å². The van der Waals surface area contributed by atoms with Crippen molar-refractivity contribution in [1.82, 2.24) is 0 Å². The van der Waals surface area contributed by atoms with Crippen LogP contribution in [0.2, 0.25) is 0 Å². The van der Waals surface area contributed by atoms with Gasteiger partial charge < -0.3 is 19.2 Å². The third kappa shape index (κ3) is 4.40. The predicted molar refractivity (Wildman–Crippen MR) is 102 cm³/mol. The Hall–Kier alpha value is -1.44. The molecule has 0 atom stereocenters. The van der Waals surface area contributed by atoms with Crippen molar-refractivity contribution in [1.29, 1.82) is 0 Å². The first-order valence-corrected chi connectivity index (χ1v) is 8.78. The molecular weight excluding hydrogens is 339 g/mol. The lowest BCUT2D eigenvalue weighted by atomic mass is 9.78. The summed E-state index contributed by atoms with van der Waals surface area (Å²) in [5.41, 5.74) is 1.52. The maximum Gasteiger partial charge on any atom is 0.491 e. The number of ether oxygens (including phenoxy) is 1. The van der Waals surface area contributed by atoms with Crippen LogP contribution in [0, 0.1) is 0 Å². The van der Waals surface area contributed by atoms with E-state index in [1.807, 2.05) is 45.9 Å². The molecule has 1 aliphatic heterocycles. The highest BCUT2D eigenvalue weighted by atomic mass is 32.1. The molecule has 25 heavy (non-hydrogen) atoms. The lowest BCUT2D eigenvalue weighted by molar-refractivity contribution is -0.136. The Bertz CT molecular complexity index is 668. The van der Waals surface area contributed by atoms with E-state index in [0.29, 0.717) is 17.1 Å². The minimum Gasteiger partial charge on any atom is -0.496 e. The number of thiol groups is 1. The van der Waals surface area contributed by atoms with Crippen molar-refractivity contribution in [2.45, 2.75) is 45.3 Å².